The predicted octanol–water partition coefficient (Wildman–Crippen LogP) is 1.14. The van der Waals surface area contributed by atoms with Crippen LogP contribution < -0.4 is 11.5 Å². The topological polar surface area (TPSA) is 159 Å². The van der Waals surface area contributed by atoms with Crippen LogP contribution in [0.4, 0.5) is 5.69 Å². The lowest BCUT2D eigenvalue weighted by Gasteiger charge is -2.20. The Kier molecular flexibility index (Phi) is 5.34. The molecule has 4 N–H and O–H groups in total. The van der Waals surface area contributed by atoms with Gasteiger partial charge in [-0.3, -0.25) is 14.9 Å². The van der Waals surface area contributed by atoms with Crippen molar-refractivity contribution in [2.75, 3.05) is 0 Å². The Balaban J connectivity index is 3.82. The monoisotopic (exact) mass is 356 g/mol. The maximum absolute atomic E-state index is 12.6. The Morgan fingerprint density at radius 1 is 1.29 bits per heavy atom. The number of nitrogens with two attached hydrogens (primary N) is 2. The highest BCUT2D eigenvalue weighted by Crippen LogP contribution is 2.34. The maximum Gasteiger partial charge on any atom is 0.288 e. The molecule has 0 atom stereocenters. The van der Waals surface area contributed by atoms with Crippen molar-refractivity contribution in [1.29, 1.82) is 0 Å². The highest BCUT2D eigenvalue weighted by molar-refractivity contribution is 7.92. The van der Waals surface area contributed by atoms with E-state index in [2.05, 4.69) is 4.99 Å². The number of amides is 1. The molecule has 9 nitrogen and oxygen atoms in total. The van der Waals surface area contributed by atoms with Gasteiger partial charge in [0.05, 0.1) is 15.2 Å². The van der Waals surface area contributed by atoms with Crippen LogP contribution in [0.1, 0.15) is 43.6 Å². The maximum atomic E-state index is 12.6. The van der Waals surface area contributed by atoms with E-state index in [-0.39, 0.29) is 12.0 Å². The van der Waals surface area contributed by atoms with E-state index in [4.69, 9.17) is 11.5 Å². The lowest BCUT2D eigenvalue weighted by Crippen LogP contribution is -2.29. The summed E-state index contributed by atoms with van der Waals surface area (Å²) in [6.07, 6.45) is 0.270. The zero-order valence-corrected chi connectivity index (χ0v) is 14.7. The zero-order chi connectivity index (χ0) is 18.9. The lowest BCUT2D eigenvalue weighted by molar-refractivity contribution is -0.387. The molecule has 0 spiro atoms. The van der Waals surface area contributed by atoms with Crippen molar-refractivity contribution in [2.45, 2.75) is 43.8 Å². The van der Waals surface area contributed by atoms with Crippen LogP contribution in [0, 0.1) is 10.1 Å². The summed E-state index contributed by atoms with van der Waals surface area (Å²) in [5, 5.41) is 11.3. The van der Waals surface area contributed by atoms with Gasteiger partial charge in [0.25, 0.3) is 11.6 Å². The number of carbonyl (C=O) groups excluding carboxylic acids is 1. The molecule has 24 heavy (non-hydrogen) atoms. The predicted molar refractivity (Wildman–Crippen MR) is 89.6 cm³/mol. The average Bonchev–Trinajstić information content (AvgIpc) is 2.43. The van der Waals surface area contributed by atoms with Gasteiger partial charge in [0.15, 0.2) is 15.8 Å². The Morgan fingerprint density at radius 2 is 1.83 bits per heavy atom. The third-order valence-electron chi connectivity index (χ3n) is 3.32. The number of sulfone groups is 1. The van der Waals surface area contributed by atoms with Crippen molar-refractivity contribution < 1.29 is 18.1 Å². The quantitative estimate of drug-likeness (QED) is 0.354. The van der Waals surface area contributed by atoms with Crippen LogP contribution in [0.3, 0.4) is 0 Å². The third-order valence-corrected chi connectivity index (χ3v) is 5.84. The van der Waals surface area contributed by atoms with Crippen LogP contribution in [0.5, 0.6) is 0 Å². The fourth-order valence-electron chi connectivity index (χ4n) is 1.97. The van der Waals surface area contributed by atoms with E-state index >= 15 is 0 Å². The summed E-state index contributed by atoms with van der Waals surface area (Å²) in [4.78, 5) is 25.5. The molecule has 0 aliphatic heterocycles. The van der Waals surface area contributed by atoms with Crippen LogP contribution >= 0.6 is 0 Å². The van der Waals surface area contributed by atoms with Crippen molar-refractivity contribution in [3.8, 4) is 0 Å². The van der Waals surface area contributed by atoms with Gasteiger partial charge in [-0.1, -0.05) is 6.92 Å². The molecule has 1 amide bonds. The number of carbonyl (C=O) groups is 1. The lowest BCUT2D eigenvalue weighted by atomic mass is 10.0. The summed E-state index contributed by atoms with van der Waals surface area (Å²) >= 11 is 0. The molecule has 1 aromatic rings. The summed E-state index contributed by atoms with van der Waals surface area (Å²) in [5.41, 5.74) is 9.82. The highest BCUT2D eigenvalue weighted by Gasteiger charge is 2.37. The number of hydrogen-bond acceptors (Lipinski definition) is 5. The Morgan fingerprint density at radius 3 is 2.21 bits per heavy atom. The second-order valence-electron chi connectivity index (χ2n) is 6.05. The molecule has 1 aromatic carbocycles. The zero-order valence-electron chi connectivity index (χ0n) is 13.9. The first kappa shape index (κ1) is 19.6. The van der Waals surface area contributed by atoms with Crippen molar-refractivity contribution in [3.63, 3.8) is 0 Å². The number of guanidine groups is 1. The van der Waals surface area contributed by atoms with Gasteiger partial charge < -0.3 is 11.5 Å². The molecule has 0 saturated carbocycles. The SMILES string of the molecule is CCc1cc(S(=O)(=O)C(C)(C)C)c([N+](=O)[O-])cc1C(=O)N=C(N)N. The third kappa shape index (κ3) is 3.70. The first-order valence-corrected chi connectivity index (χ1v) is 8.51. The number of aliphatic imine (C=N–C) groups is 1. The minimum Gasteiger partial charge on any atom is -0.370 e. The molecule has 132 valence electrons. The van der Waals surface area contributed by atoms with E-state index in [0.29, 0.717) is 5.56 Å². The van der Waals surface area contributed by atoms with Crippen molar-refractivity contribution in [1.82, 2.24) is 0 Å². The van der Waals surface area contributed by atoms with E-state index in [1.807, 2.05) is 0 Å². The molecule has 0 radical (unpaired) electrons. The van der Waals surface area contributed by atoms with Gasteiger partial charge in [-0.15, -0.1) is 0 Å². The van der Waals surface area contributed by atoms with Crippen LogP contribution in [-0.2, 0) is 16.3 Å². The van der Waals surface area contributed by atoms with Gasteiger partial charge in [0.1, 0.15) is 4.90 Å². The highest BCUT2D eigenvalue weighted by atomic mass is 32.2. The Hall–Kier alpha value is -2.49. The summed E-state index contributed by atoms with van der Waals surface area (Å²) < 4.78 is 24.1. The summed E-state index contributed by atoms with van der Waals surface area (Å²) in [7, 11) is -3.99. The molecule has 10 heteroatoms. The van der Waals surface area contributed by atoms with E-state index in [9.17, 15) is 23.3 Å². The Labute approximate surface area is 139 Å². The van der Waals surface area contributed by atoms with Crippen molar-refractivity contribution in [2.24, 2.45) is 16.5 Å². The average molecular weight is 356 g/mol. The van der Waals surface area contributed by atoms with Crippen LogP contribution in [0.2, 0.25) is 0 Å². The van der Waals surface area contributed by atoms with E-state index in [1.165, 1.54) is 20.8 Å². The molecule has 0 fully saturated rings. The smallest absolute Gasteiger partial charge is 0.288 e. The molecule has 0 aromatic heterocycles. The standard InChI is InChI=1S/C14H20N4O5S/c1-5-8-6-11(24(22,23)14(2,3)4)10(18(20)21)7-9(8)12(19)17-13(15)16/h6-7H,5H2,1-4H3,(H4,15,16,17,19). The first-order chi connectivity index (χ1) is 10.8. The van der Waals surface area contributed by atoms with Gasteiger partial charge in [-0.2, -0.15) is 4.99 Å². The number of nitro groups is 1. The number of nitrogens with zero attached hydrogens (tertiary/aromatic N) is 2. The Bertz CT molecular complexity index is 818. The fraction of sp³-hybridized carbons (Fsp3) is 0.429. The van der Waals surface area contributed by atoms with Crippen molar-refractivity contribution in [3.05, 3.63) is 33.4 Å². The van der Waals surface area contributed by atoms with Gasteiger partial charge in [-0.25, -0.2) is 8.42 Å². The number of aryl methyl sites for hydroxylation is 1. The second-order valence-corrected chi connectivity index (χ2v) is 8.72. The van der Waals surface area contributed by atoms with Gasteiger partial charge in [-0.05, 0) is 38.8 Å². The molecule has 0 aliphatic carbocycles. The molecule has 1 rings (SSSR count). The summed E-state index contributed by atoms with van der Waals surface area (Å²) in [5.74, 6) is -1.36. The van der Waals surface area contributed by atoms with E-state index in [1.54, 1.807) is 6.92 Å². The molecule has 0 aliphatic rings. The normalized spacial score (nSPS) is 11.8. The molecule has 0 saturated heterocycles. The number of nitro benzene ring substituents is 1. The molecule has 0 bridgehead atoms. The fourth-order valence-corrected chi connectivity index (χ4v) is 3.33. The second kappa shape index (κ2) is 6.56. The van der Waals surface area contributed by atoms with Crippen LogP contribution in [0.15, 0.2) is 22.0 Å². The molecule has 0 unspecified atom stereocenters. The van der Waals surface area contributed by atoms with Crippen LogP contribution in [0.25, 0.3) is 0 Å². The summed E-state index contributed by atoms with van der Waals surface area (Å²) in [6.45, 7) is 6.00. The first-order valence-electron chi connectivity index (χ1n) is 7.02. The minimum atomic E-state index is -3.99. The molecule has 0 heterocycles. The number of benzene rings is 1. The van der Waals surface area contributed by atoms with Gasteiger partial charge in [0, 0.05) is 6.07 Å². The van der Waals surface area contributed by atoms with Gasteiger partial charge in [0.2, 0.25) is 0 Å². The van der Waals surface area contributed by atoms with E-state index in [0.717, 1.165) is 12.1 Å². The van der Waals surface area contributed by atoms with Gasteiger partial charge >= 0.3 is 0 Å². The van der Waals surface area contributed by atoms with Crippen molar-refractivity contribution >= 4 is 27.4 Å². The summed E-state index contributed by atoms with van der Waals surface area (Å²) in [6, 6.07) is 2.06. The number of hydrogen-bond donors (Lipinski definition) is 2. The molecular weight excluding hydrogens is 336 g/mol. The largest absolute Gasteiger partial charge is 0.370 e. The molecular formula is C14H20N4O5S. The van der Waals surface area contributed by atoms with Crippen LogP contribution in [-0.4, -0.2) is 30.0 Å². The minimum absolute atomic E-state index is 0.106. The van der Waals surface area contributed by atoms with E-state index < -0.39 is 42.0 Å². The number of rotatable bonds is 4.